The second-order valence-corrected chi connectivity index (χ2v) is 9.43. The Labute approximate surface area is 199 Å². The Morgan fingerprint density at radius 2 is 1.97 bits per heavy atom. The normalized spacial score (nSPS) is 16.5. The fraction of sp³-hybridized carbons (Fsp3) is 0.440. The van der Waals surface area contributed by atoms with Crippen molar-refractivity contribution in [3.05, 3.63) is 59.7 Å². The summed E-state index contributed by atoms with van der Waals surface area (Å²) in [6.45, 7) is 5.19. The molecule has 3 amide bonds. The third-order valence-electron chi connectivity index (χ3n) is 5.66. The summed E-state index contributed by atoms with van der Waals surface area (Å²) in [5.41, 5.74) is 1.08. The largest absolute Gasteiger partial charge is 0.444 e. The van der Waals surface area contributed by atoms with E-state index in [1.54, 1.807) is 65.3 Å². The van der Waals surface area contributed by atoms with Crippen LogP contribution in [0.1, 0.15) is 38.4 Å². The lowest BCUT2D eigenvalue weighted by molar-refractivity contribution is -0.138. The molecule has 1 N–H and O–H groups in total. The molecule has 0 aliphatic carbocycles. The van der Waals surface area contributed by atoms with Crippen molar-refractivity contribution in [2.75, 3.05) is 19.0 Å². The highest BCUT2D eigenvalue weighted by Crippen LogP contribution is 2.27. The average molecular weight is 471 g/mol. The first kappa shape index (κ1) is 25.1. The van der Waals surface area contributed by atoms with Crippen LogP contribution in [0, 0.1) is 5.82 Å². The second-order valence-electron chi connectivity index (χ2n) is 9.43. The molecule has 0 saturated heterocycles. The lowest BCUT2D eigenvalue weighted by Crippen LogP contribution is -2.53. The first-order valence-corrected chi connectivity index (χ1v) is 11.2. The Bertz CT molecular complexity index is 1070. The van der Waals surface area contributed by atoms with E-state index in [1.807, 2.05) is 6.07 Å². The molecule has 0 bridgehead atoms. The number of aromatic nitrogens is 1. The average Bonchev–Trinajstić information content (AvgIpc) is 2.76. The van der Waals surface area contributed by atoms with E-state index in [0.29, 0.717) is 17.7 Å². The summed E-state index contributed by atoms with van der Waals surface area (Å²) in [5, 5.41) is 2.69. The molecule has 0 saturated carbocycles. The molecule has 1 aromatic heterocycles. The highest BCUT2D eigenvalue weighted by molar-refractivity contribution is 6.01. The topological polar surface area (TPSA) is 91.8 Å². The molecular weight excluding hydrogens is 439 g/mol. The molecule has 2 unspecified atom stereocenters. The predicted molar refractivity (Wildman–Crippen MR) is 126 cm³/mol. The van der Waals surface area contributed by atoms with Gasteiger partial charge in [-0.15, -0.1) is 0 Å². The van der Waals surface area contributed by atoms with Gasteiger partial charge in [-0.2, -0.15) is 0 Å². The number of benzene rings is 1. The molecule has 3 rings (SSSR count). The zero-order valence-electron chi connectivity index (χ0n) is 20.2. The van der Waals surface area contributed by atoms with E-state index in [-0.39, 0.29) is 24.7 Å². The number of alkyl carbamates (subject to hydrolysis) is 1. The maximum atomic E-state index is 14.3. The minimum absolute atomic E-state index is 0.0917. The molecular formula is C25H31FN4O4. The quantitative estimate of drug-likeness (QED) is 0.701. The Balaban J connectivity index is 1.76. The van der Waals surface area contributed by atoms with Gasteiger partial charge in [-0.1, -0.05) is 18.2 Å². The lowest BCUT2D eigenvalue weighted by Gasteiger charge is -2.36. The second kappa shape index (κ2) is 10.2. The van der Waals surface area contributed by atoms with E-state index >= 15 is 0 Å². The number of hydrogen-bond acceptors (Lipinski definition) is 5. The Kier molecular flexibility index (Phi) is 7.54. The van der Waals surface area contributed by atoms with E-state index < -0.39 is 29.6 Å². The number of likely N-dealkylation sites (N-methyl/N-ethyl adjacent to an activating group) is 2. The Morgan fingerprint density at radius 3 is 2.65 bits per heavy atom. The van der Waals surface area contributed by atoms with Crippen LogP contribution in [0.2, 0.25) is 0 Å². The fourth-order valence-electron chi connectivity index (χ4n) is 3.91. The van der Waals surface area contributed by atoms with Gasteiger partial charge in [0, 0.05) is 39.2 Å². The molecule has 2 heterocycles. The molecule has 1 aromatic carbocycles. The van der Waals surface area contributed by atoms with Crippen LogP contribution < -0.4 is 10.2 Å². The molecule has 1 aliphatic rings. The lowest BCUT2D eigenvalue weighted by atomic mass is 9.99. The minimum atomic E-state index is -0.733. The molecule has 8 nitrogen and oxygen atoms in total. The summed E-state index contributed by atoms with van der Waals surface area (Å²) in [7, 11) is 3.21. The number of carbonyl (C=O) groups excluding carboxylic acids is 3. The number of amides is 3. The number of ether oxygens (including phenoxy) is 1. The maximum Gasteiger partial charge on any atom is 0.407 e. The van der Waals surface area contributed by atoms with Gasteiger partial charge in [0.05, 0.1) is 11.4 Å². The number of hydrogen-bond donors (Lipinski definition) is 1. The van der Waals surface area contributed by atoms with E-state index in [0.717, 1.165) is 5.69 Å². The molecule has 2 aromatic rings. The van der Waals surface area contributed by atoms with Crippen LogP contribution in [-0.4, -0.2) is 59.6 Å². The molecule has 0 spiro atoms. The number of carbonyl (C=O) groups is 3. The van der Waals surface area contributed by atoms with Crippen LogP contribution in [0.5, 0.6) is 0 Å². The summed E-state index contributed by atoms with van der Waals surface area (Å²) in [4.78, 5) is 45.8. The summed E-state index contributed by atoms with van der Waals surface area (Å²) in [6, 6.07) is 8.31. The Morgan fingerprint density at radius 1 is 1.26 bits per heavy atom. The number of nitrogens with one attached hydrogen (secondary N) is 1. The number of fused-ring (bicyclic) bond motifs is 1. The SMILES string of the molecule is CN1C(=O)C(N(C)C(=O)CC(Cc2ccccc2F)NC(=O)OC(C)(C)C)Cc2ncccc21. The highest BCUT2D eigenvalue weighted by atomic mass is 19.1. The number of halogens is 1. The summed E-state index contributed by atoms with van der Waals surface area (Å²) >= 11 is 0. The molecule has 2 atom stereocenters. The third kappa shape index (κ3) is 6.09. The standard InChI is InChI=1S/C25H31FN4O4/c1-25(2,3)34-24(33)28-17(13-16-9-6-7-10-18(16)26)14-22(31)29(4)21-15-19-20(11-8-12-27-19)30(5)23(21)32/h6-12,17,21H,13-15H2,1-5H3,(H,28,33). The number of rotatable bonds is 6. The first-order chi connectivity index (χ1) is 16.0. The van der Waals surface area contributed by atoms with Gasteiger partial charge in [0.15, 0.2) is 0 Å². The monoisotopic (exact) mass is 470 g/mol. The van der Waals surface area contributed by atoms with E-state index in [1.165, 1.54) is 15.9 Å². The van der Waals surface area contributed by atoms with Crippen LogP contribution in [0.4, 0.5) is 14.9 Å². The number of pyridine rings is 1. The molecule has 9 heteroatoms. The summed E-state index contributed by atoms with van der Waals surface area (Å²) in [5.74, 6) is -1.00. The van der Waals surface area contributed by atoms with Crippen molar-refractivity contribution in [1.82, 2.24) is 15.2 Å². The number of anilines is 1. The van der Waals surface area contributed by atoms with Crippen molar-refractivity contribution in [3.8, 4) is 0 Å². The molecule has 0 radical (unpaired) electrons. The zero-order valence-corrected chi connectivity index (χ0v) is 20.2. The van der Waals surface area contributed by atoms with Gasteiger partial charge in [0.25, 0.3) is 0 Å². The molecule has 182 valence electrons. The van der Waals surface area contributed by atoms with Crippen LogP contribution in [0.3, 0.4) is 0 Å². The van der Waals surface area contributed by atoms with Gasteiger partial charge < -0.3 is 19.9 Å². The van der Waals surface area contributed by atoms with Gasteiger partial charge in [-0.3, -0.25) is 14.6 Å². The highest BCUT2D eigenvalue weighted by Gasteiger charge is 2.36. The van der Waals surface area contributed by atoms with Crippen LogP contribution in [0.25, 0.3) is 0 Å². The van der Waals surface area contributed by atoms with E-state index in [2.05, 4.69) is 10.3 Å². The van der Waals surface area contributed by atoms with Crippen molar-refractivity contribution in [2.24, 2.45) is 0 Å². The van der Waals surface area contributed by atoms with E-state index in [4.69, 9.17) is 4.74 Å². The third-order valence-corrected chi connectivity index (χ3v) is 5.66. The Hall–Kier alpha value is -3.49. The summed E-state index contributed by atoms with van der Waals surface area (Å²) < 4.78 is 19.6. The van der Waals surface area contributed by atoms with Crippen LogP contribution in [-0.2, 0) is 27.2 Å². The maximum absolute atomic E-state index is 14.3. The van der Waals surface area contributed by atoms with Crippen molar-refractivity contribution in [3.63, 3.8) is 0 Å². The minimum Gasteiger partial charge on any atom is -0.444 e. The van der Waals surface area contributed by atoms with E-state index in [9.17, 15) is 18.8 Å². The van der Waals surface area contributed by atoms with Crippen molar-refractivity contribution in [2.45, 2.75) is 57.7 Å². The summed E-state index contributed by atoms with van der Waals surface area (Å²) in [6.07, 6.45) is 1.20. The molecule has 0 fully saturated rings. The fourth-order valence-corrected chi connectivity index (χ4v) is 3.91. The van der Waals surface area contributed by atoms with Crippen molar-refractivity contribution >= 4 is 23.6 Å². The van der Waals surface area contributed by atoms with Gasteiger partial charge in [-0.05, 0) is 51.0 Å². The number of nitrogens with zero attached hydrogens (tertiary/aromatic N) is 3. The predicted octanol–water partition coefficient (Wildman–Crippen LogP) is 3.09. The van der Waals surface area contributed by atoms with Gasteiger partial charge >= 0.3 is 6.09 Å². The van der Waals surface area contributed by atoms with Crippen molar-refractivity contribution < 1.29 is 23.5 Å². The van der Waals surface area contributed by atoms with Crippen molar-refractivity contribution in [1.29, 1.82) is 0 Å². The smallest absolute Gasteiger partial charge is 0.407 e. The van der Waals surface area contributed by atoms with Gasteiger partial charge in [0.1, 0.15) is 17.5 Å². The van der Waals surface area contributed by atoms with Gasteiger partial charge in [0.2, 0.25) is 11.8 Å². The van der Waals surface area contributed by atoms with Crippen LogP contribution >= 0.6 is 0 Å². The molecule has 34 heavy (non-hydrogen) atoms. The molecule has 1 aliphatic heterocycles. The van der Waals surface area contributed by atoms with Gasteiger partial charge in [-0.25, -0.2) is 9.18 Å². The zero-order chi connectivity index (χ0) is 25.0. The van der Waals surface area contributed by atoms with Crippen LogP contribution in [0.15, 0.2) is 42.6 Å². The first-order valence-electron chi connectivity index (χ1n) is 11.2.